The smallest absolute Gasteiger partial charge is 0.179 e. The van der Waals surface area contributed by atoms with Crippen molar-refractivity contribution in [1.82, 2.24) is 4.98 Å². The average Bonchev–Trinajstić information content (AvgIpc) is 2.79. The van der Waals surface area contributed by atoms with Crippen molar-refractivity contribution in [3.8, 4) is 11.8 Å². The Bertz CT molecular complexity index is 701. The van der Waals surface area contributed by atoms with Gasteiger partial charge in [0.05, 0.1) is 5.69 Å². The highest BCUT2D eigenvalue weighted by Gasteiger charge is 2.21. The molecule has 1 aromatic carbocycles. The fourth-order valence-electron chi connectivity index (χ4n) is 2.61. The van der Waals surface area contributed by atoms with Crippen LogP contribution < -0.4 is 5.73 Å². The second-order valence-corrected chi connectivity index (χ2v) is 4.86. The quantitative estimate of drug-likeness (QED) is 0.766. The van der Waals surface area contributed by atoms with Crippen molar-refractivity contribution in [3.63, 3.8) is 0 Å². The van der Waals surface area contributed by atoms with Crippen molar-refractivity contribution in [1.29, 1.82) is 0 Å². The average molecular weight is 252 g/mol. The monoisotopic (exact) mass is 252 g/mol. The molecule has 0 spiro atoms. The first-order valence-corrected chi connectivity index (χ1v) is 6.66. The number of aromatic nitrogens is 1. The summed E-state index contributed by atoms with van der Waals surface area (Å²) < 4.78 is 0. The van der Waals surface area contributed by atoms with Crippen LogP contribution in [0.25, 0.3) is 10.9 Å². The van der Waals surface area contributed by atoms with E-state index in [0.29, 0.717) is 19.4 Å². The van der Waals surface area contributed by atoms with Gasteiger partial charge in [0.1, 0.15) is 0 Å². The van der Waals surface area contributed by atoms with Gasteiger partial charge < -0.3 is 10.7 Å². The molecule has 0 unspecified atom stereocenters. The molecule has 1 aliphatic rings. The Morgan fingerprint density at radius 1 is 1.32 bits per heavy atom. The molecule has 0 aliphatic heterocycles. The van der Waals surface area contributed by atoms with Gasteiger partial charge in [-0.15, -0.1) is 0 Å². The van der Waals surface area contributed by atoms with Crippen LogP contribution in [0, 0.1) is 11.8 Å². The molecule has 1 heterocycles. The Labute approximate surface area is 112 Å². The number of carbonyl (C=O) groups excluding carboxylic acids is 1. The molecular weight excluding hydrogens is 236 g/mol. The summed E-state index contributed by atoms with van der Waals surface area (Å²) >= 11 is 0. The summed E-state index contributed by atoms with van der Waals surface area (Å²) in [6.45, 7) is 0.587. The van der Waals surface area contributed by atoms with Gasteiger partial charge in [-0.05, 0) is 36.6 Å². The van der Waals surface area contributed by atoms with E-state index in [0.717, 1.165) is 40.6 Å². The summed E-state index contributed by atoms with van der Waals surface area (Å²) in [6.07, 6.45) is 3.29. The summed E-state index contributed by atoms with van der Waals surface area (Å²) in [5.74, 6) is 6.39. The first kappa shape index (κ1) is 12.0. The number of ketones is 1. The van der Waals surface area contributed by atoms with Crippen molar-refractivity contribution in [2.24, 2.45) is 5.73 Å². The minimum Gasteiger partial charge on any atom is -0.352 e. The van der Waals surface area contributed by atoms with Gasteiger partial charge in [0, 0.05) is 35.9 Å². The maximum absolute atomic E-state index is 11.9. The second kappa shape index (κ2) is 4.91. The van der Waals surface area contributed by atoms with Gasteiger partial charge in [-0.25, -0.2) is 0 Å². The molecule has 1 aromatic heterocycles. The molecule has 0 bridgehead atoms. The number of nitrogens with two attached hydrogens (primary N) is 1. The molecule has 0 saturated heterocycles. The zero-order valence-electron chi connectivity index (χ0n) is 10.8. The van der Waals surface area contributed by atoms with E-state index in [1.807, 2.05) is 12.1 Å². The molecule has 0 radical (unpaired) electrons. The van der Waals surface area contributed by atoms with Crippen molar-refractivity contribution in [2.75, 3.05) is 6.54 Å². The largest absolute Gasteiger partial charge is 0.352 e. The summed E-state index contributed by atoms with van der Waals surface area (Å²) in [6, 6.07) is 6.07. The summed E-state index contributed by atoms with van der Waals surface area (Å²) in [5, 5.41) is 1.14. The third-order valence-corrected chi connectivity index (χ3v) is 3.52. The highest BCUT2D eigenvalue weighted by molar-refractivity contribution is 6.03. The molecule has 0 amide bonds. The summed E-state index contributed by atoms with van der Waals surface area (Å²) in [4.78, 5) is 15.1. The lowest BCUT2D eigenvalue weighted by Gasteiger charge is -2.09. The standard InChI is InChI=1S/C16H16N2O/c17-9-2-1-4-11-7-8-14-13(10-11)12-5-3-6-15(19)16(12)18-14/h7-8,10,18H,2-3,5-6,9,17H2. The molecule has 3 rings (SSSR count). The molecule has 3 heteroatoms. The Hall–Kier alpha value is -2.05. The van der Waals surface area contributed by atoms with E-state index in [2.05, 4.69) is 22.9 Å². The van der Waals surface area contributed by atoms with Crippen molar-refractivity contribution in [3.05, 3.63) is 35.0 Å². The number of carbonyl (C=O) groups is 1. The predicted octanol–water partition coefficient (Wildman–Crippen LogP) is 2.39. The van der Waals surface area contributed by atoms with Crippen molar-refractivity contribution >= 4 is 16.7 Å². The van der Waals surface area contributed by atoms with Crippen LogP contribution in [0.1, 0.15) is 40.9 Å². The van der Waals surface area contributed by atoms with Gasteiger partial charge in [-0.3, -0.25) is 4.79 Å². The zero-order valence-corrected chi connectivity index (χ0v) is 10.8. The maximum atomic E-state index is 11.9. The number of rotatable bonds is 1. The fourth-order valence-corrected chi connectivity index (χ4v) is 2.61. The second-order valence-electron chi connectivity index (χ2n) is 4.86. The number of fused-ring (bicyclic) bond motifs is 3. The van der Waals surface area contributed by atoms with Crippen LogP contribution in [0.3, 0.4) is 0 Å². The van der Waals surface area contributed by atoms with Crippen LogP contribution in [0.5, 0.6) is 0 Å². The highest BCUT2D eigenvalue weighted by Crippen LogP contribution is 2.29. The molecule has 0 saturated carbocycles. The van der Waals surface area contributed by atoms with E-state index in [1.165, 1.54) is 0 Å². The topological polar surface area (TPSA) is 58.9 Å². The van der Waals surface area contributed by atoms with Gasteiger partial charge in [0.25, 0.3) is 0 Å². The number of H-pyrrole nitrogens is 1. The third kappa shape index (κ3) is 2.16. The maximum Gasteiger partial charge on any atom is 0.179 e. The number of benzene rings is 1. The molecule has 0 atom stereocenters. The van der Waals surface area contributed by atoms with Gasteiger partial charge in [-0.1, -0.05) is 11.8 Å². The Balaban J connectivity index is 2.08. The number of Topliss-reactive ketones (excluding diaryl/α,β-unsaturated/α-hetero) is 1. The van der Waals surface area contributed by atoms with Crippen LogP contribution in [0.4, 0.5) is 0 Å². The number of hydrogen-bond acceptors (Lipinski definition) is 2. The van der Waals surface area contributed by atoms with Gasteiger partial charge >= 0.3 is 0 Å². The van der Waals surface area contributed by atoms with Gasteiger partial charge in [0.15, 0.2) is 5.78 Å². The normalized spacial score (nSPS) is 14.1. The zero-order chi connectivity index (χ0) is 13.2. The molecule has 96 valence electrons. The molecule has 1 aliphatic carbocycles. The molecule has 3 N–H and O–H groups in total. The lowest BCUT2D eigenvalue weighted by atomic mass is 9.94. The lowest BCUT2D eigenvalue weighted by Crippen LogP contribution is -2.09. The van der Waals surface area contributed by atoms with E-state index in [4.69, 9.17) is 5.73 Å². The van der Waals surface area contributed by atoms with E-state index < -0.39 is 0 Å². The van der Waals surface area contributed by atoms with E-state index in [-0.39, 0.29) is 5.78 Å². The van der Waals surface area contributed by atoms with Crippen molar-refractivity contribution < 1.29 is 4.79 Å². The van der Waals surface area contributed by atoms with Crippen LogP contribution in [-0.4, -0.2) is 17.3 Å². The third-order valence-electron chi connectivity index (χ3n) is 3.52. The lowest BCUT2D eigenvalue weighted by molar-refractivity contribution is 0.0968. The van der Waals surface area contributed by atoms with Gasteiger partial charge in [0.2, 0.25) is 0 Å². The number of nitrogens with one attached hydrogen (secondary N) is 1. The molecule has 19 heavy (non-hydrogen) atoms. The SMILES string of the molecule is NCCC#Cc1ccc2[nH]c3c(c2c1)CCCC3=O. The summed E-state index contributed by atoms with van der Waals surface area (Å²) in [5.41, 5.74) is 9.41. The van der Waals surface area contributed by atoms with Crippen molar-refractivity contribution in [2.45, 2.75) is 25.7 Å². The first-order valence-electron chi connectivity index (χ1n) is 6.66. The number of hydrogen-bond donors (Lipinski definition) is 2. The predicted molar refractivity (Wildman–Crippen MR) is 76.1 cm³/mol. The molecule has 2 aromatic rings. The number of aromatic amines is 1. The van der Waals surface area contributed by atoms with E-state index >= 15 is 0 Å². The molecular formula is C16H16N2O. The highest BCUT2D eigenvalue weighted by atomic mass is 16.1. The van der Waals surface area contributed by atoms with E-state index in [9.17, 15) is 4.79 Å². The minimum atomic E-state index is 0.230. The summed E-state index contributed by atoms with van der Waals surface area (Å²) in [7, 11) is 0. The van der Waals surface area contributed by atoms with Gasteiger partial charge in [-0.2, -0.15) is 0 Å². The molecule has 3 nitrogen and oxygen atoms in total. The van der Waals surface area contributed by atoms with E-state index in [1.54, 1.807) is 0 Å². The van der Waals surface area contributed by atoms with Crippen LogP contribution in [0.2, 0.25) is 0 Å². The first-order chi connectivity index (χ1) is 9.29. The minimum absolute atomic E-state index is 0.230. The number of aryl methyl sites for hydroxylation is 1. The Morgan fingerprint density at radius 3 is 3.05 bits per heavy atom. The van der Waals surface area contributed by atoms with Crippen LogP contribution >= 0.6 is 0 Å². The Morgan fingerprint density at radius 2 is 2.21 bits per heavy atom. The van der Waals surface area contributed by atoms with Crippen LogP contribution in [0.15, 0.2) is 18.2 Å². The fraction of sp³-hybridized carbons (Fsp3) is 0.312. The Kier molecular flexibility index (Phi) is 3.10. The molecule has 0 fully saturated rings. The van der Waals surface area contributed by atoms with Crippen LogP contribution in [-0.2, 0) is 6.42 Å².